The number of benzene rings is 3. The number of nitrogens with zero attached hydrogens (tertiary/aromatic N) is 1. The fraction of sp³-hybridized carbons (Fsp3) is 0.500. The molecule has 0 saturated carbocycles. The van der Waals surface area contributed by atoms with Crippen LogP contribution in [0.5, 0.6) is 0 Å². The summed E-state index contributed by atoms with van der Waals surface area (Å²) >= 11 is 0. The van der Waals surface area contributed by atoms with Gasteiger partial charge in [0.1, 0.15) is 40.2 Å². The van der Waals surface area contributed by atoms with E-state index in [1.165, 1.54) is 6.92 Å². The number of aromatic amines is 1. The maximum absolute atomic E-state index is 14.9. The van der Waals surface area contributed by atoms with E-state index in [4.69, 9.17) is 11.5 Å². The van der Waals surface area contributed by atoms with E-state index in [0.717, 1.165) is 33.5 Å². The molecule has 22 nitrogen and oxygen atoms in total. The summed E-state index contributed by atoms with van der Waals surface area (Å²) < 4.78 is 25.3. The molecule has 5 rings (SSSR count). The zero-order valence-corrected chi connectivity index (χ0v) is 43.7. The van der Waals surface area contributed by atoms with Crippen molar-refractivity contribution in [1.29, 1.82) is 0 Å². The lowest BCUT2D eigenvalue weighted by Gasteiger charge is -2.31. The van der Waals surface area contributed by atoms with Gasteiger partial charge in [-0.15, -0.1) is 0 Å². The molecule has 1 saturated heterocycles. The first kappa shape index (κ1) is 58.8. The van der Waals surface area contributed by atoms with Crippen LogP contribution in [0, 0.1) is 0 Å². The molecule has 7 atom stereocenters. The number of fused-ring (bicyclic) bond motifs is 2. The maximum atomic E-state index is 14.9. The molecule has 1 unspecified atom stereocenters. The van der Waals surface area contributed by atoms with Crippen LogP contribution in [0.2, 0.25) is 0 Å². The first-order valence-electron chi connectivity index (χ1n) is 25.5. The Morgan fingerprint density at radius 1 is 0.773 bits per heavy atom. The van der Waals surface area contributed by atoms with Crippen LogP contribution in [0.25, 0.3) is 21.7 Å². The second kappa shape index (κ2) is 29.1. The highest BCUT2D eigenvalue weighted by Gasteiger charge is 2.35. The number of para-hydroxylation sites is 1. The molecule has 408 valence electrons. The Labute approximate surface area is 437 Å². The number of aliphatic imine (C=N–C) groups is 1. The summed E-state index contributed by atoms with van der Waals surface area (Å²) in [7, 11) is -3.73. The molecular weight excluding hydrogens is 985 g/mol. The van der Waals surface area contributed by atoms with Gasteiger partial charge in [-0.3, -0.25) is 43.9 Å². The lowest BCUT2D eigenvalue weighted by Crippen LogP contribution is -2.61. The highest BCUT2D eigenvalue weighted by Crippen LogP contribution is 2.22. The molecular formula is C52H74N12O10S. The molecule has 1 aliphatic rings. The molecule has 4 aromatic rings. The third kappa shape index (κ3) is 19.3. The number of guanidine groups is 1. The maximum Gasteiger partial charge on any atom is 0.243 e. The number of sulfone groups is 1. The van der Waals surface area contributed by atoms with Gasteiger partial charge in [0.15, 0.2) is 5.96 Å². The van der Waals surface area contributed by atoms with E-state index in [-0.39, 0.29) is 70.5 Å². The van der Waals surface area contributed by atoms with Crippen molar-refractivity contribution in [1.82, 2.24) is 47.5 Å². The van der Waals surface area contributed by atoms with Crippen LogP contribution >= 0.6 is 0 Å². The van der Waals surface area contributed by atoms with Gasteiger partial charge in [-0.1, -0.05) is 80.4 Å². The summed E-state index contributed by atoms with van der Waals surface area (Å²) in [6.07, 6.45) is 2.69. The molecule has 0 bridgehead atoms. The smallest absolute Gasteiger partial charge is 0.243 e. The van der Waals surface area contributed by atoms with Crippen molar-refractivity contribution < 1.29 is 47.1 Å². The number of carbonyl (C=O) groups is 7. The molecule has 1 fully saturated rings. The summed E-state index contributed by atoms with van der Waals surface area (Å²) in [5, 5.41) is 36.6. The minimum atomic E-state index is -3.73. The number of H-pyrrole nitrogens is 1. The van der Waals surface area contributed by atoms with E-state index in [2.05, 4.69) is 52.5 Å². The number of aliphatic hydroxyl groups is 1. The number of unbranched alkanes of at least 4 members (excludes halogenated alkanes) is 1. The van der Waals surface area contributed by atoms with Crippen molar-refractivity contribution in [2.75, 3.05) is 31.6 Å². The van der Waals surface area contributed by atoms with Crippen LogP contribution in [-0.2, 0) is 56.2 Å². The third-order valence-electron chi connectivity index (χ3n) is 12.9. The van der Waals surface area contributed by atoms with Crippen molar-refractivity contribution in [3.05, 3.63) is 84.1 Å². The van der Waals surface area contributed by atoms with E-state index in [0.29, 0.717) is 31.2 Å². The van der Waals surface area contributed by atoms with E-state index in [1.54, 1.807) is 18.3 Å². The minimum Gasteiger partial charge on any atom is -0.376 e. The van der Waals surface area contributed by atoms with E-state index in [1.807, 2.05) is 61.5 Å². The number of rotatable bonds is 17. The fourth-order valence-electron chi connectivity index (χ4n) is 8.87. The molecule has 75 heavy (non-hydrogen) atoms. The number of hydrogen-bond donors (Lipinski definition) is 12. The summed E-state index contributed by atoms with van der Waals surface area (Å²) in [6.45, 7) is 3.65. The Morgan fingerprint density at radius 2 is 1.40 bits per heavy atom. The summed E-state index contributed by atoms with van der Waals surface area (Å²) in [4.78, 5) is 105. The summed E-state index contributed by atoms with van der Waals surface area (Å²) in [6, 6.07) is 12.6. The monoisotopic (exact) mass is 1060 g/mol. The Bertz CT molecular complexity index is 2740. The predicted octanol–water partition coefficient (Wildman–Crippen LogP) is 0.312. The average Bonchev–Trinajstić information content (AvgIpc) is 3.78. The molecule has 1 aromatic heterocycles. The highest BCUT2D eigenvalue weighted by molar-refractivity contribution is 7.90. The number of aromatic nitrogens is 1. The zero-order chi connectivity index (χ0) is 54.5. The van der Waals surface area contributed by atoms with Crippen molar-refractivity contribution in [2.24, 2.45) is 16.5 Å². The topological polar surface area (TPSA) is 350 Å². The zero-order valence-electron chi connectivity index (χ0n) is 42.9. The first-order valence-corrected chi connectivity index (χ1v) is 27.6. The lowest BCUT2D eigenvalue weighted by molar-refractivity contribution is -0.134. The number of carbonyl (C=O) groups excluding carboxylic acids is 7. The molecule has 0 radical (unpaired) electrons. The molecule has 7 amide bonds. The van der Waals surface area contributed by atoms with E-state index in [9.17, 15) is 47.1 Å². The normalized spacial score (nSPS) is 21.6. The molecule has 0 spiro atoms. The van der Waals surface area contributed by atoms with E-state index < -0.39 is 106 Å². The number of aliphatic hydroxyl groups excluding tert-OH is 1. The minimum absolute atomic E-state index is 0.0183. The van der Waals surface area contributed by atoms with Gasteiger partial charge in [0.05, 0.1) is 17.8 Å². The van der Waals surface area contributed by atoms with Crippen LogP contribution in [0.3, 0.4) is 0 Å². The molecule has 23 heteroatoms. The Morgan fingerprint density at radius 3 is 2.11 bits per heavy atom. The van der Waals surface area contributed by atoms with Crippen LogP contribution in [0.15, 0.2) is 77.9 Å². The van der Waals surface area contributed by atoms with Gasteiger partial charge in [-0.05, 0) is 72.9 Å². The molecule has 2 heterocycles. The second-order valence-corrected chi connectivity index (χ2v) is 21.3. The van der Waals surface area contributed by atoms with Crippen molar-refractivity contribution >= 4 is 78.8 Å². The van der Waals surface area contributed by atoms with Gasteiger partial charge in [-0.25, -0.2) is 8.42 Å². The summed E-state index contributed by atoms with van der Waals surface area (Å²) in [5.74, 6) is -5.24. The largest absolute Gasteiger partial charge is 0.376 e. The SMILES string of the molecule is CCCC[C@@H](NC(C)=O)C(=O)N[C@H]1CCC(=O)NCCCCNC(=O)[C@H](Cc2c[nH]c3ccccc23)NC(=O)[C@H](CCCN=C(N)N)NC(=O)[C@@H](Cc2cccc3ccccc23)NC(=O)[C@H](CCS(C)(=O)=O)NC1O. The van der Waals surface area contributed by atoms with Crippen LogP contribution in [-0.4, -0.2) is 140 Å². The first-order chi connectivity index (χ1) is 35.8. The van der Waals surface area contributed by atoms with Crippen molar-refractivity contribution in [3.63, 3.8) is 0 Å². The molecule has 0 aliphatic carbocycles. The van der Waals surface area contributed by atoms with Gasteiger partial charge in [0.2, 0.25) is 41.4 Å². The summed E-state index contributed by atoms with van der Waals surface area (Å²) in [5.41, 5.74) is 13.4. The lowest BCUT2D eigenvalue weighted by atomic mass is 9.97. The van der Waals surface area contributed by atoms with Crippen LogP contribution in [0.4, 0.5) is 0 Å². The molecule has 1 aliphatic heterocycles. The highest BCUT2D eigenvalue weighted by atomic mass is 32.2. The van der Waals surface area contributed by atoms with Crippen LogP contribution in [0.1, 0.15) is 89.2 Å². The van der Waals surface area contributed by atoms with Gasteiger partial charge in [0.25, 0.3) is 0 Å². The second-order valence-electron chi connectivity index (χ2n) is 19.0. The fourth-order valence-corrected chi connectivity index (χ4v) is 9.53. The number of nitrogens with two attached hydrogens (primary N) is 2. The van der Waals surface area contributed by atoms with E-state index >= 15 is 0 Å². The molecule has 14 N–H and O–H groups in total. The third-order valence-corrected chi connectivity index (χ3v) is 13.8. The Hall–Kier alpha value is -7.11. The number of amides is 7. The Kier molecular flexibility index (Phi) is 22.8. The van der Waals surface area contributed by atoms with Crippen molar-refractivity contribution in [3.8, 4) is 0 Å². The molecule has 3 aromatic carbocycles. The predicted molar refractivity (Wildman–Crippen MR) is 286 cm³/mol. The van der Waals surface area contributed by atoms with Gasteiger partial charge < -0.3 is 58.8 Å². The van der Waals surface area contributed by atoms with Crippen molar-refractivity contribution in [2.45, 2.75) is 133 Å². The van der Waals surface area contributed by atoms with Gasteiger partial charge >= 0.3 is 0 Å². The number of nitrogens with one attached hydrogen (secondary N) is 9. The standard InChI is InChI=1S/C52H74N12O10S/c1-4-5-19-39(59-32(2)65)47(68)61-41-22-23-45(66)55-25-10-11-26-56-46(67)43(30-35-31-58-38-20-9-8-18-37(35)38)63-48(69)40(21-13-27-57-52(53)54)60-51(72)44(29-34-16-12-15-33-14-6-7-17-36(33)34)64-50(71)42(62-49(41)70)24-28-75(3,73)74/h6-9,12,14-18,20,31,39-44,49,58,62,70H,4-5,10-11,13,19,21-30H2,1-3H3,(H,55,66)(H,56,67)(H,59,65)(H,60,72)(H,61,68)(H,63,69)(H,64,71)(H4,53,54,57)/t39-,40+,41+,42+,43+,44-,49?/m1/s1. The number of hydrogen-bond acceptors (Lipinski definition) is 12. The average molecular weight is 1060 g/mol. The van der Waals surface area contributed by atoms with Crippen LogP contribution < -0.4 is 54.0 Å². The quantitative estimate of drug-likeness (QED) is 0.0386. The Balaban J connectivity index is 1.56. The van der Waals surface area contributed by atoms with Gasteiger partial charge in [0, 0.05) is 69.2 Å². The van der Waals surface area contributed by atoms with Gasteiger partial charge in [-0.2, -0.15) is 0 Å².